The Hall–Kier alpha value is -2.33. The van der Waals surface area contributed by atoms with Crippen LogP contribution in [0.2, 0.25) is 0 Å². The number of nitrogens with one attached hydrogen (secondary N) is 1. The number of aryl methyl sites for hydroxylation is 1. The number of urea groups is 1. The molecule has 0 bridgehead atoms. The van der Waals surface area contributed by atoms with Gasteiger partial charge in [-0.3, -0.25) is 0 Å². The largest absolute Gasteiger partial charge is 0.467 e. The van der Waals surface area contributed by atoms with Gasteiger partial charge in [-0.2, -0.15) is 0 Å². The molecule has 0 spiro atoms. The van der Waals surface area contributed by atoms with E-state index in [0.29, 0.717) is 5.76 Å². The van der Waals surface area contributed by atoms with E-state index in [9.17, 15) is 21.6 Å². The van der Waals surface area contributed by atoms with Gasteiger partial charge in [0.1, 0.15) is 5.76 Å². The third-order valence-corrected chi connectivity index (χ3v) is 7.46. The fourth-order valence-electron chi connectivity index (χ4n) is 2.91. The Morgan fingerprint density at radius 2 is 1.96 bits per heavy atom. The van der Waals surface area contributed by atoms with Crippen molar-refractivity contribution in [3.8, 4) is 0 Å². The van der Waals surface area contributed by atoms with Crippen LogP contribution in [-0.4, -0.2) is 45.3 Å². The smallest absolute Gasteiger partial charge is 0.331 e. The number of carbonyl (C=O) groups is 1. The predicted molar refractivity (Wildman–Crippen MR) is 98.2 cm³/mol. The molecule has 1 aliphatic heterocycles. The van der Waals surface area contributed by atoms with Crippen LogP contribution in [0.1, 0.15) is 17.7 Å². The van der Waals surface area contributed by atoms with Crippen molar-refractivity contribution in [3.05, 3.63) is 54.0 Å². The Morgan fingerprint density at radius 3 is 2.52 bits per heavy atom. The molecule has 2 aromatic rings. The summed E-state index contributed by atoms with van der Waals surface area (Å²) in [7, 11) is -7.34. The number of sulfone groups is 1. The third kappa shape index (κ3) is 4.69. The van der Waals surface area contributed by atoms with Gasteiger partial charge in [0.15, 0.2) is 9.84 Å². The normalized spacial score (nSPS) is 18.9. The van der Waals surface area contributed by atoms with Crippen LogP contribution >= 0.6 is 0 Å². The molecule has 2 amide bonds. The van der Waals surface area contributed by atoms with Crippen LogP contribution in [0.15, 0.2) is 52.0 Å². The van der Waals surface area contributed by atoms with E-state index in [1.165, 1.54) is 23.3 Å². The van der Waals surface area contributed by atoms with Gasteiger partial charge in [-0.1, -0.05) is 17.7 Å². The van der Waals surface area contributed by atoms with Crippen molar-refractivity contribution in [2.24, 2.45) is 0 Å². The van der Waals surface area contributed by atoms with Gasteiger partial charge in [0.2, 0.25) is 0 Å². The van der Waals surface area contributed by atoms with Crippen molar-refractivity contribution in [2.45, 2.75) is 30.8 Å². The first-order chi connectivity index (χ1) is 12.7. The summed E-state index contributed by atoms with van der Waals surface area (Å²) in [6.45, 7) is 1.79. The molecule has 0 radical (unpaired) electrons. The number of hydrogen-bond acceptors (Lipinski definition) is 6. The van der Waals surface area contributed by atoms with E-state index < -0.39 is 31.9 Å². The lowest BCUT2D eigenvalue weighted by molar-refractivity contribution is 0.176. The zero-order valence-electron chi connectivity index (χ0n) is 14.7. The van der Waals surface area contributed by atoms with Gasteiger partial charge >= 0.3 is 6.03 Å². The molecule has 2 heterocycles. The van der Waals surface area contributed by atoms with E-state index in [4.69, 9.17) is 4.42 Å². The highest BCUT2D eigenvalue weighted by Gasteiger charge is 2.36. The Bertz CT molecular complexity index is 1010. The number of amides is 2. The highest BCUT2D eigenvalue weighted by atomic mass is 32.2. The zero-order valence-corrected chi connectivity index (χ0v) is 16.3. The first-order valence-corrected chi connectivity index (χ1v) is 11.6. The molecule has 1 aromatic carbocycles. The second-order valence-electron chi connectivity index (χ2n) is 6.49. The summed E-state index contributed by atoms with van der Waals surface area (Å²) in [6, 6.07) is 7.84. The van der Waals surface area contributed by atoms with Crippen molar-refractivity contribution >= 4 is 25.9 Å². The maximum absolute atomic E-state index is 12.7. The van der Waals surface area contributed by atoms with E-state index in [1.54, 1.807) is 24.3 Å². The van der Waals surface area contributed by atoms with Gasteiger partial charge in [-0.15, -0.1) is 0 Å². The third-order valence-electron chi connectivity index (χ3n) is 4.37. The predicted octanol–water partition coefficient (Wildman–Crippen LogP) is 1.68. The number of sulfonamides is 1. The summed E-state index contributed by atoms with van der Waals surface area (Å²) in [5.74, 6) is 0.193. The molecule has 10 heteroatoms. The average Bonchev–Trinajstić information content (AvgIpc) is 3.21. The molecule has 0 unspecified atom stereocenters. The zero-order chi connectivity index (χ0) is 19.7. The molecular formula is C17H20N2O6S2. The summed E-state index contributed by atoms with van der Waals surface area (Å²) in [4.78, 5) is 13.9. The van der Waals surface area contributed by atoms with E-state index in [2.05, 4.69) is 0 Å². The minimum Gasteiger partial charge on any atom is -0.467 e. The summed E-state index contributed by atoms with van der Waals surface area (Å²) < 4.78 is 55.9. The van der Waals surface area contributed by atoms with Crippen molar-refractivity contribution in [1.82, 2.24) is 9.62 Å². The number of nitrogens with zero attached hydrogens (tertiary/aromatic N) is 1. The van der Waals surface area contributed by atoms with Gasteiger partial charge in [0.05, 0.1) is 29.2 Å². The summed E-state index contributed by atoms with van der Waals surface area (Å²) in [5.41, 5.74) is 0.885. The molecule has 1 aromatic heterocycles. The molecule has 146 valence electrons. The fourth-order valence-corrected chi connectivity index (χ4v) is 5.60. The minimum atomic E-state index is -4.08. The Kier molecular flexibility index (Phi) is 5.29. The van der Waals surface area contributed by atoms with Crippen LogP contribution in [0.3, 0.4) is 0 Å². The maximum atomic E-state index is 12.7. The second kappa shape index (κ2) is 7.35. The molecule has 27 heavy (non-hydrogen) atoms. The molecule has 1 atom stereocenters. The molecule has 1 saturated heterocycles. The first kappa shape index (κ1) is 19.4. The van der Waals surface area contributed by atoms with Crippen LogP contribution in [0.5, 0.6) is 0 Å². The maximum Gasteiger partial charge on any atom is 0.331 e. The quantitative estimate of drug-likeness (QED) is 0.799. The molecular weight excluding hydrogens is 392 g/mol. The highest BCUT2D eigenvalue weighted by molar-refractivity contribution is 7.91. The van der Waals surface area contributed by atoms with E-state index in [0.717, 1.165) is 5.56 Å². The van der Waals surface area contributed by atoms with Gasteiger partial charge < -0.3 is 9.32 Å². The topological polar surface area (TPSA) is 114 Å². The van der Waals surface area contributed by atoms with Crippen molar-refractivity contribution in [1.29, 1.82) is 0 Å². The van der Waals surface area contributed by atoms with Crippen LogP contribution in [0.4, 0.5) is 4.79 Å². The van der Waals surface area contributed by atoms with Gasteiger partial charge in [-0.05, 0) is 37.6 Å². The molecule has 0 aliphatic carbocycles. The van der Waals surface area contributed by atoms with Gasteiger partial charge in [0, 0.05) is 6.04 Å². The van der Waals surface area contributed by atoms with E-state index in [-0.39, 0.29) is 29.4 Å². The number of rotatable bonds is 5. The van der Waals surface area contributed by atoms with Gasteiger partial charge in [0.25, 0.3) is 10.0 Å². The highest BCUT2D eigenvalue weighted by Crippen LogP contribution is 2.21. The Morgan fingerprint density at radius 1 is 1.26 bits per heavy atom. The molecule has 3 rings (SSSR count). The van der Waals surface area contributed by atoms with Crippen LogP contribution < -0.4 is 4.72 Å². The molecule has 1 N–H and O–H groups in total. The summed E-state index contributed by atoms with van der Waals surface area (Å²) in [6.07, 6.45) is 1.68. The van der Waals surface area contributed by atoms with Crippen LogP contribution in [0, 0.1) is 6.92 Å². The number of furan rings is 1. The van der Waals surface area contributed by atoms with E-state index in [1.807, 2.05) is 11.6 Å². The lowest BCUT2D eigenvalue weighted by Crippen LogP contribution is -2.48. The van der Waals surface area contributed by atoms with Crippen molar-refractivity contribution < 1.29 is 26.0 Å². The van der Waals surface area contributed by atoms with Crippen molar-refractivity contribution in [3.63, 3.8) is 0 Å². The molecule has 1 fully saturated rings. The second-order valence-corrected chi connectivity index (χ2v) is 10.4. The Balaban J connectivity index is 1.83. The van der Waals surface area contributed by atoms with Crippen LogP contribution in [0.25, 0.3) is 0 Å². The number of carbonyl (C=O) groups excluding carboxylic acids is 1. The van der Waals surface area contributed by atoms with Crippen molar-refractivity contribution in [2.75, 3.05) is 11.5 Å². The SMILES string of the molecule is Cc1ccc(S(=O)(=O)NC(=O)N(Cc2ccco2)[C@@H]2CCS(=O)(=O)C2)cc1. The lowest BCUT2D eigenvalue weighted by atomic mass is 10.2. The fraction of sp³-hybridized carbons (Fsp3) is 0.353. The molecule has 8 nitrogen and oxygen atoms in total. The van der Waals surface area contributed by atoms with E-state index >= 15 is 0 Å². The standard InChI is InChI=1S/C17H20N2O6S2/c1-13-4-6-16(7-5-13)27(23,24)18-17(20)19(11-15-3-2-9-25-15)14-8-10-26(21,22)12-14/h2-7,9,14H,8,10-12H2,1H3,(H,18,20)/t14-/m1/s1. The number of benzene rings is 1. The van der Waals surface area contributed by atoms with Gasteiger partial charge in [-0.25, -0.2) is 26.4 Å². The number of hydrogen-bond donors (Lipinski definition) is 1. The Labute approximate surface area is 158 Å². The first-order valence-electron chi connectivity index (χ1n) is 8.29. The summed E-state index contributed by atoms with van der Waals surface area (Å²) >= 11 is 0. The average molecular weight is 412 g/mol. The monoisotopic (exact) mass is 412 g/mol. The lowest BCUT2D eigenvalue weighted by Gasteiger charge is -2.27. The van der Waals surface area contributed by atoms with Crippen LogP contribution in [-0.2, 0) is 26.4 Å². The minimum absolute atomic E-state index is 0.0254. The molecule has 0 saturated carbocycles. The molecule has 1 aliphatic rings. The summed E-state index contributed by atoms with van der Waals surface area (Å²) in [5, 5.41) is 0.